The maximum absolute atomic E-state index is 8.50. The van der Waals surface area contributed by atoms with Crippen molar-refractivity contribution in [3.63, 3.8) is 0 Å². The molecule has 1 aromatic rings. The fourth-order valence-electron chi connectivity index (χ4n) is 0.963. The molecule has 0 bridgehead atoms. The largest absolute Gasteiger partial charge is 0.323 e. The van der Waals surface area contributed by atoms with E-state index in [0.29, 0.717) is 6.42 Å². The Morgan fingerprint density at radius 2 is 2.33 bits per heavy atom. The number of para-hydroxylation sites is 1. The van der Waals surface area contributed by atoms with E-state index in [2.05, 4.69) is 27.4 Å². The third kappa shape index (κ3) is 1.76. The molecule has 0 aliphatic heterocycles. The summed E-state index contributed by atoms with van der Waals surface area (Å²) in [5.74, 6) is 5.29. The van der Waals surface area contributed by atoms with Crippen molar-refractivity contribution in [1.82, 2.24) is 0 Å². The Hall–Kier alpha value is -1.05. The maximum atomic E-state index is 8.50. The molecule has 1 rings (SSSR count). The molecule has 4 heteroatoms. The Bertz CT molecular complexity index is 317. The Morgan fingerprint density at radius 3 is 2.92 bits per heavy atom. The van der Waals surface area contributed by atoms with E-state index in [9.17, 15) is 0 Å². The number of rotatable bonds is 2. The van der Waals surface area contributed by atoms with Gasteiger partial charge in [0.15, 0.2) is 0 Å². The van der Waals surface area contributed by atoms with Crippen LogP contribution in [0.2, 0.25) is 0 Å². The third-order valence-electron chi connectivity index (χ3n) is 1.51. The molecule has 0 saturated heterocycles. The molecule has 0 radical (unpaired) electrons. The first-order valence-corrected chi connectivity index (χ1v) is 4.20. The molecule has 0 amide bonds. The zero-order chi connectivity index (χ0) is 8.97. The van der Waals surface area contributed by atoms with E-state index < -0.39 is 0 Å². The van der Waals surface area contributed by atoms with E-state index >= 15 is 0 Å². The highest BCUT2D eigenvalue weighted by molar-refractivity contribution is 9.10. The monoisotopic (exact) mass is 225 g/mol. The minimum absolute atomic E-state index is 0.360. The van der Waals surface area contributed by atoms with Crippen LogP contribution in [0.5, 0.6) is 0 Å². The molecule has 0 aliphatic rings. The quantitative estimate of drug-likeness (QED) is 0.597. The molecule has 0 saturated carbocycles. The number of hydrazine groups is 1. The van der Waals surface area contributed by atoms with Crippen LogP contribution >= 0.6 is 15.9 Å². The van der Waals surface area contributed by atoms with Gasteiger partial charge in [-0.25, -0.2) is 0 Å². The molecule has 1 aromatic carbocycles. The minimum Gasteiger partial charge on any atom is -0.323 e. The molecule has 3 N–H and O–H groups in total. The van der Waals surface area contributed by atoms with Gasteiger partial charge in [0.25, 0.3) is 0 Å². The summed E-state index contributed by atoms with van der Waals surface area (Å²) >= 11 is 3.33. The predicted octanol–water partition coefficient (Wildman–Crippen LogP) is 1.80. The number of anilines is 1. The van der Waals surface area contributed by atoms with Gasteiger partial charge in [-0.05, 0) is 27.6 Å². The van der Waals surface area contributed by atoms with Gasteiger partial charge in [-0.1, -0.05) is 12.1 Å². The third-order valence-corrected chi connectivity index (χ3v) is 2.17. The standard InChI is InChI=1S/C8H8BrN3/c9-7-3-1-2-6(4-5-10)8(7)12-11/h1-3,12H,4,11H2. The Balaban J connectivity index is 3.11. The van der Waals surface area contributed by atoms with Crippen LogP contribution in [0.1, 0.15) is 5.56 Å². The van der Waals surface area contributed by atoms with Crippen molar-refractivity contribution in [2.24, 2.45) is 5.84 Å². The van der Waals surface area contributed by atoms with Gasteiger partial charge < -0.3 is 5.43 Å². The van der Waals surface area contributed by atoms with Crippen LogP contribution < -0.4 is 11.3 Å². The highest BCUT2D eigenvalue weighted by Crippen LogP contribution is 2.25. The summed E-state index contributed by atoms with van der Waals surface area (Å²) in [5.41, 5.74) is 4.23. The Morgan fingerprint density at radius 1 is 1.58 bits per heavy atom. The van der Waals surface area contributed by atoms with Gasteiger partial charge in [0.1, 0.15) is 0 Å². The van der Waals surface area contributed by atoms with Gasteiger partial charge in [-0.15, -0.1) is 0 Å². The van der Waals surface area contributed by atoms with Crippen LogP contribution in [-0.2, 0) is 6.42 Å². The average molecular weight is 226 g/mol. The van der Waals surface area contributed by atoms with Crippen molar-refractivity contribution < 1.29 is 0 Å². The fourth-order valence-corrected chi connectivity index (χ4v) is 1.48. The maximum Gasteiger partial charge on any atom is 0.0670 e. The van der Waals surface area contributed by atoms with Crippen molar-refractivity contribution in [1.29, 1.82) is 5.26 Å². The van der Waals surface area contributed by atoms with E-state index in [0.717, 1.165) is 15.7 Å². The molecule has 12 heavy (non-hydrogen) atoms. The molecule has 0 unspecified atom stereocenters. The number of hydrogen-bond acceptors (Lipinski definition) is 3. The van der Waals surface area contributed by atoms with Crippen molar-refractivity contribution in [2.45, 2.75) is 6.42 Å². The molecule has 0 spiro atoms. The highest BCUT2D eigenvalue weighted by Gasteiger charge is 2.03. The first-order valence-electron chi connectivity index (χ1n) is 3.40. The molecule has 3 nitrogen and oxygen atoms in total. The molecule has 62 valence electrons. The fraction of sp³-hybridized carbons (Fsp3) is 0.125. The van der Waals surface area contributed by atoms with E-state index in [1.54, 1.807) is 0 Å². The van der Waals surface area contributed by atoms with Gasteiger partial charge in [0.2, 0.25) is 0 Å². The SMILES string of the molecule is N#CCc1cccc(Br)c1NN. The smallest absolute Gasteiger partial charge is 0.0670 e. The van der Waals surface area contributed by atoms with Gasteiger partial charge in [-0.3, -0.25) is 5.84 Å². The lowest BCUT2D eigenvalue weighted by atomic mass is 10.1. The second-order valence-corrected chi connectivity index (χ2v) is 3.11. The van der Waals surface area contributed by atoms with Crippen LogP contribution in [0.3, 0.4) is 0 Å². The van der Waals surface area contributed by atoms with Crippen LogP contribution in [0.25, 0.3) is 0 Å². The van der Waals surface area contributed by atoms with Gasteiger partial charge in [0, 0.05) is 4.47 Å². The first-order chi connectivity index (χ1) is 5.79. The summed E-state index contributed by atoms with van der Waals surface area (Å²) in [4.78, 5) is 0. The molecular weight excluding hydrogens is 218 g/mol. The van der Waals surface area contributed by atoms with Gasteiger partial charge in [-0.2, -0.15) is 5.26 Å². The van der Waals surface area contributed by atoms with Gasteiger partial charge in [0.05, 0.1) is 18.2 Å². The van der Waals surface area contributed by atoms with Gasteiger partial charge >= 0.3 is 0 Å². The molecular formula is C8H8BrN3. The summed E-state index contributed by atoms with van der Waals surface area (Å²) in [6.45, 7) is 0. The Kier molecular flexibility index (Phi) is 3.09. The molecule has 0 atom stereocenters. The summed E-state index contributed by atoms with van der Waals surface area (Å²) in [7, 11) is 0. The predicted molar refractivity (Wildman–Crippen MR) is 51.3 cm³/mol. The lowest BCUT2D eigenvalue weighted by Gasteiger charge is -2.07. The minimum atomic E-state index is 0.360. The van der Waals surface area contributed by atoms with E-state index in [1.807, 2.05) is 18.2 Å². The van der Waals surface area contributed by atoms with Crippen molar-refractivity contribution in [3.8, 4) is 6.07 Å². The molecule has 0 fully saturated rings. The molecule has 0 heterocycles. The van der Waals surface area contributed by atoms with Crippen molar-refractivity contribution >= 4 is 21.6 Å². The van der Waals surface area contributed by atoms with Crippen molar-refractivity contribution in [3.05, 3.63) is 28.2 Å². The number of nitrogen functional groups attached to an aromatic ring is 1. The van der Waals surface area contributed by atoms with Crippen LogP contribution in [-0.4, -0.2) is 0 Å². The lowest BCUT2D eigenvalue weighted by molar-refractivity contribution is 1.22. The summed E-state index contributed by atoms with van der Waals surface area (Å²) in [5, 5.41) is 8.50. The number of halogens is 1. The number of nitriles is 1. The molecule has 0 aromatic heterocycles. The van der Waals surface area contributed by atoms with Crippen LogP contribution in [0.15, 0.2) is 22.7 Å². The normalized spacial score (nSPS) is 9.08. The lowest BCUT2D eigenvalue weighted by Crippen LogP contribution is -2.09. The number of nitrogens with two attached hydrogens (primary N) is 1. The number of nitrogens with zero attached hydrogens (tertiary/aromatic N) is 1. The number of benzene rings is 1. The Labute approximate surface area is 79.3 Å². The first kappa shape index (κ1) is 9.04. The topological polar surface area (TPSA) is 61.8 Å². The summed E-state index contributed by atoms with van der Waals surface area (Å²) < 4.78 is 0.873. The van der Waals surface area contributed by atoms with Crippen molar-refractivity contribution in [2.75, 3.05) is 5.43 Å². The number of hydrogen-bond donors (Lipinski definition) is 2. The summed E-state index contributed by atoms with van der Waals surface area (Å²) in [6.07, 6.45) is 0.360. The second-order valence-electron chi connectivity index (χ2n) is 2.25. The zero-order valence-electron chi connectivity index (χ0n) is 6.34. The average Bonchev–Trinajstić information content (AvgIpc) is 2.05. The molecule has 0 aliphatic carbocycles. The second kappa shape index (κ2) is 4.10. The van der Waals surface area contributed by atoms with E-state index in [-0.39, 0.29) is 0 Å². The zero-order valence-corrected chi connectivity index (χ0v) is 7.93. The highest BCUT2D eigenvalue weighted by atomic mass is 79.9. The van der Waals surface area contributed by atoms with E-state index in [1.165, 1.54) is 0 Å². The van der Waals surface area contributed by atoms with E-state index in [4.69, 9.17) is 11.1 Å². The van der Waals surface area contributed by atoms with Crippen LogP contribution in [0.4, 0.5) is 5.69 Å². The number of nitrogens with one attached hydrogen (secondary N) is 1. The van der Waals surface area contributed by atoms with Crippen LogP contribution in [0, 0.1) is 11.3 Å². The summed E-state index contributed by atoms with van der Waals surface area (Å²) in [6, 6.07) is 7.68.